The van der Waals surface area contributed by atoms with Gasteiger partial charge in [0.05, 0.1) is 11.4 Å². The number of likely N-dealkylation sites (tertiary alicyclic amines) is 1. The summed E-state index contributed by atoms with van der Waals surface area (Å²) in [5.41, 5.74) is 0.666. The van der Waals surface area contributed by atoms with Crippen LogP contribution in [0.25, 0.3) is 0 Å². The molecule has 130 valence electrons. The van der Waals surface area contributed by atoms with Gasteiger partial charge in [-0.15, -0.1) is 0 Å². The number of hydrogen-bond acceptors (Lipinski definition) is 5. The van der Waals surface area contributed by atoms with Crippen LogP contribution in [0, 0.1) is 13.8 Å². The maximum Gasteiger partial charge on any atom is 0.256 e. The lowest BCUT2D eigenvalue weighted by atomic mass is 10.0. The summed E-state index contributed by atoms with van der Waals surface area (Å²) in [6.45, 7) is 11.2. The van der Waals surface area contributed by atoms with E-state index < -0.39 is 0 Å². The van der Waals surface area contributed by atoms with Crippen molar-refractivity contribution in [1.29, 1.82) is 0 Å². The molecule has 0 aliphatic carbocycles. The summed E-state index contributed by atoms with van der Waals surface area (Å²) in [6, 6.07) is 0. The average molecular weight is 340 g/mol. The van der Waals surface area contributed by atoms with E-state index >= 15 is 0 Å². The van der Waals surface area contributed by atoms with Crippen molar-refractivity contribution in [1.82, 2.24) is 15.2 Å². The van der Waals surface area contributed by atoms with Crippen LogP contribution in [0.5, 0.6) is 0 Å². The number of rotatable bonds is 6. The number of aromatic nitrogens is 1. The highest BCUT2D eigenvalue weighted by Gasteiger charge is 2.24. The van der Waals surface area contributed by atoms with Gasteiger partial charge in [-0.05, 0) is 53.6 Å². The number of carbonyl (C=O) groups is 1. The molecule has 1 saturated heterocycles. The second-order valence-corrected chi connectivity index (χ2v) is 7.96. The first-order valence-corrected chi connectivity index (χ1v) is 9.44. The lowest BCUT2D eigenvalue weighted by Gasteiger charge is -2.32. The molecule has 0 saturated carbocycles. The first kappa shape index (κ1) is 18.3. The zero-order chi connectivity index (χ0) is 16.9. The first-order chi connectivity index (χ1) is 10.9. The van der Waals surface area contributed by atoms with E-state index in [1.165, 1.54) is 37.4 Å². The summed E-state index contributed by atoms with van der Waals surface area (Å²) in [4.78, 5) is 19.0. The van der Waals surface area contributed by atoms with Gasteiger partial charge in [0.15, 0.2) is 0 Å². The van der Waals surface area contributed by atoms with E-state index in [0.717, 1.165) is 31.1 Å². The van der Waals surface area contributed by atoms with E-state index in [9.17, 15) is 4.79 Å². The first-order valence-electron chi connectivity index (χ1n) is 8.46. The number of nitrogens with one attached hydrogen (secondary N) is 1. The van der Waals surface area contributed by atoms with Crippen LogP contribution in [0.15, 0.2) is 9.64 Å². The van der Waals surface area contributed by atoms with Gasteiger partial charge in [-0.3, -0.25) is 4.79 Å². The molecule has 1 aliphatic rings. The van der Waals surface area contributed by atoms with Crippen molar-refractivity contribution in [2.24, 2.45) is 0 Å². The SMILES string of the molecule is Cc1nc(SCC(=O)NC(C)(C)CN2CCCCCC2)oc1C. The van der Waals surface area contributed by atoms with Crippen LogP contribution < -0.4 is 5.32 Å². The molecule has 0 radical (unpaired) electrons. The number of hydrogen-bond donors (Lipinski definition) is 1. The van der Waals surface area contributed by atoms with Gasteiger partial charge in [0.1, 0.15) is 5.76 Å². The number of amides is 1. The zero-order valence-electron chi connectivity index (χ0n) is 14.8. The topological polar surface area (TPSA) is 58.4 Å². The predicted molar refractivity (Wildman–Crippen MR) is 93.8 cm³/mol. The van der Waals surface area contributed by atoms with Gasteiger partial charge in [-0.1, -0.05) is 24.6 Å². The maximum atomic E-state index is 12.2. The molecule has 6 heteroatoms. The van der Waals surface area contributed by atoms with Crippen molar-refractivity contribution in [3.8, 4) is 0 Å². The Hall–Kier alpha value is -1.01. The van der Waals surface area contributed by atoms with Gasteiger partial charge in [0, 0.05) is 12.1 Å². The van der Waals surface area contributed by atoms with E-state index in [1.807, 2.05) is 13.8 Å². The molecule has 1 aromatic heterocycles. The second-order valence-electron chi connectivity index (χ2n) is 7.03. The summed E-state index contributed by atoms with van der Waals surface area (Å²) in [5.74, 6) is 1.18. The van der Waals surface area contributed by atoms with E-state index in [0.29, 0.717) is 11.0 Å². The Morgan fingerprint density at radius 3 is 2.48 bits per heavy atom. The zero-order valence-corrected chi connectivity index (χ0v) is 15.6. The highest BCUT2D eigenvalue weighted by molar-refractivity contribution is 7.99. The van der Waals surface area contributed by atoms with E-state index in [1.54, 1.807) is 0 Å². The van der Waals surface area contributed by atoms with E-state index in [4.69, 9.17) is 4.42 Å². The van der Waals surface area contributed by atoms with Gasteiger partial charge in [-0.2, -0.15) is 0 Å². The van der Waals surface area contributed by atoms with Gasteiger partial charge in [0.25, 0.3) is 5.22 Å². The molecular formula is C17H29N3O2S. The molecule has 0 aromatic carbocycles. The van der Waals surface area contributed by atoms with Crippen LogP contribution >= 0.6 is 11.8 Å². The third-order valence-electron chi connectivity index (χ3n) is 4.13. The van der Waals surface area contributed by atoms with Crippen molar-refractivity contribution < 1.29 is 9.21 Å². The Morgan fingerprint density at radius 2 is 1.91 bits per heavy atom. The minimum Gasteiger partial charge on any atom is -0.437 e. The van der Waals surface area contributed by atoms with E-state index in [2.05, 4.69) is 29.0 Å². The monoisotopic (exact) mass is 339 g/mol. The number of thioether (sulfide) groups is 1. The Bertz CT molecular complexity index is 500. The molecule has 1 aromatic rings. The van der Waals surface area contributed by atoms with E-state index in [-0.39, 0.29) is 11.4 Å². The van der Waals surface area contributed by atoms with Crippen molar-refractivity contribution in [2.45, 2.75) is 64.1 Å². The van der Waals surface area contributed by atoms with Gasteiger partial charge < -0.3 is 14.6 Å². The van der Waals surface area contributed by atoms with Crippen molar-refractivity contribution in [3.63, 3.8) is 0 Å². The molecule has 0 spiro atoms. The summed E-state index contributed by atoms with van der Waals surface area (Å²) in [5, 5.41) is 3.71. The van der Waals surface area contributed by atoms with Gasteiger partial charge in [0.2, 0.25) is 5.91 Å². The highest BCUT2D eigenvalue weighted by atomic mass is 32.2. The molecule has 0 bridgehead atoms. The van der Waals surface area contributed by atoms with Gasteiger partial charge >= 0.3 is 0 Å². The number of nitrogens with zero attached hydrogens (tertiary/aromatic N) is 2. The Morgan fingerprint density at radius 1 is 1.26 bits per heavy atom. The molecule has 0 atom stereocenters. The Labute approximate surface area is 143 Å². The summed E-state index contributed by atoms with van der Waals surface area (Å²) >= 11 is 1.35. The molecule has 5 nitrogen and oxygen atoms in total. The predicted octanol–water partition coefficient (Wildman–Crippen LogP) is 3.15. The van der Waals surface area contributed by atoms with Crippen LogP contribution in [0.3, 0.4) is 0 Å². The van der Waals surface area contributed by atoms with Crippen molar-refractivity contribution in [2.75, 3.05) is 25.4 Å². The molecule has 2 heterocycles. The fraction of sp³-hybridized carbons (Fsp3) is 0.765. The summed E-state index contributed by atoms with van der Waals surface area (Å²) < 4.78 is 5.49. The van der Waals surface area contributed by atoms with Crippen LogP contribution in [0.2, 0.25) is 0 Å². The molecule has 23 heavy (non-hydrogen) atoms. The lowest BCUT2D eigenvalue weighted by Crippen LogP contribution is -2.52. The molecule has 0 unspecified atom stereocenters. The average Bonchev–Trinajstić information content (AvgIpc) is 2.65. The second kappa shape index (κ2) is 8.20. The minimum absolute atomic E-state index is 0.0309. The quantitative estimate of drug-likeness (QED) is 0.807. The van der Waals surface area contributed by atoms with Gasteiger partial charge in [-0.25, -0.2) is 4.98 Å². The third kappa shape index (κ3) is 6.18. The smallest absolute Gasteiger partial charge is 0.256 e. The van der Waals surface area contributed by atoms with Crippen LogP contribution in [-0.2, 0) is 4.79 Å². The Balaban J connectivity index is 1.78. The molecule has 2 rings (SSSR count). The third-order valence-corrected chi connectivity index (χ3v) is 4.96. The largest absolute Gasteiger partial charge is 0.437 e. The summed E-state index contributed by atoms with van der Waals surface area (Å²) in [6.07, 6.45) is 5.19. The molecule has 1 amide bonds. The molecule has 1 fully saturated rings. The van der Waals surface area contributed by atoms with Crippen molar-refractivity contribution >= 4 is 17.7 Å². The van der Waals surface area contributed by atoms with Crippen LogP contribution in [0.1, 0.15) is 51.0 Å². The Kier molecular flexibility index (Phi) is 6.53. The van der Waals surface area contributed by atoms with Crippen LogP contribution in [-0.4, -0.2) is 46.7 Å². The number of oxazole rings is 1. The molecular weight excluding hydrogens is 310 g/mol. The maximum absolute atomic E-state index is 12.2. The lowest BCUT2D eigenvalue weighted by molar-refractivity contribution is -0.120. The molecule has 1 N–H and O–H groups in total. The summed E-state index contributed by atoms with van der Waals surface area (Å²) in [7, 11) is 0. The fourth-order valence-electron chi connectivity index (χ4n) is 2.94. The standard InChI is InChI=1S/C17H29N3O2S/c1-13-14(2)22-16(18-13)23-11-15(21)19-17(3,4)12-20-9-7-5-6-8-10-20/h5-12H2,1-4H3,(H,19,21). The molecule has 1 aliphatic heterocycles. The number of aryl methyl sites for hydroxylation is 2. The fourth-order valence-corrected chi connectivity index (χ4v) is 3.65. The number of carbonyl (C=O) groups excluding carboxylic acids is 1. The highest BCUT2D eigenvalue weighted by Crippen LogP contribution is 2.20. The van der Waals surface area contributed by atoms with Crippen molar-refractivity contribution in [3.05, 3.63) is 11.5 Å². The normalized spacial score (nSPS) is 17.0. The van der Waals surface area contributed by atoms with Crippen LogP contribution in [0.4, 0.5) is 0 Å². The minimum atomic E-state index is -0.218.